The molecule has 0 fully saturated rings. The van der Waals surface area contributed by atoms with Gasteiger partial charge in [-0.1, -0.05) is 17.7 Å². The van der Waals surface area contributed by atoms with E-state index in [9.17, 15) is 18.7 Å². The van der Waals surface area contributed by atoms with Gasteiger partial charge in [-0.15, -0.1) is 0 Å². The Morgan fingerprint density at radius 2 is 2.10 bits per heavy atom. The first-order valence-corrected chi connectivity index (χ1v) is 6.49. The van der Waals surface area contributed by atoms with Crippen molar-refractivity contribution in [3.8, 4) is 0 Å². The molecule has 1 rings (SSSR count). The highest BCUT2D eigenvalue weighted by atomic mass is 19.3. The number of hydrogen-bond donors (Lipinski definition) is 1. The molecule has 0 amide bonds. The van der Waals surface area contributed by atoms with Crippen LogP contribution in [0.4, 0.5) is 8.78 Å². The van der Waals surface area contributed by atoms with Gasteiger partial charge in [0.1, 0.15) is 0 Å². The number of carbonyl (C=O) groups excluding carboxylic acids is 1. The summed E-state index contributed by atoms with van der Waals surface area (Å²) in [6.07, 6.45) is -0.883. The Morgan fingerprint density at radius 3 is 2.65 bits per heavy atom. The fraction of sp³-hybridized carbons (Fsp3) is 0.533. The van der Waals surface area contributed by atoms with Gasteiger partial charge in [-0.05, 0) is 38.3 Å². The molecule has 0 aliphatic carbocycles. The number of methoxy groups -OCH3 is 1. The van der Waals surface area contributed by atoms with E-state index in [2.05, 4.69) is 4.74 Å². The number of benzene rings is 1. The van der Waals surface area contributed by atoms with E-state index in [4.69, 9.17) is 0 Å². The van der Waals surface area contributed by atoms with Crippen LogP contribution in [0.1, 0.15) is 53.8 Å². The molecule has 0 saturated carbocycles. The van der Waals surface area contributed by atoms with E-state index in [-0.39, 0.29) is 24.8 Å². The van der Waals surface area contributed by atoms with Crippen LogP contribution in [0, 0.1) is 6.92 Å². The van der Waals surface area contributed by atoms with Gasteiger partial charge < -0.3 is 9.84 Å². The Balaban J connectivity index is 2.82. The van der Waals surface area contributed by atoms with Crippen molar-refractivity contribution in [3.05, 3.63) is 34.9 Å². The second kappa shape index (κ2) is 6.79. The highest BCUT2D eigenvalue weighted by Gasteiger charge is 2.22. The number of esters is 1. The van der Waals surface area contributed by atoms with Crippen LogP contribution in [-0.4, -0.2) is 24.1 Å². The SMILES string of the molecule is COC(=O)c1cc(C)ccc1C(O)CCCC(C)(F)F. The number of alkyl halides is 2. The predicted molar refractivity (Wildman–Crippen MR) is 72.0 cm³/mol. The molecular formula is C15H20F2O3. The van der Waals surface area contributed by atoms with Crippen molar-refractivity contribution in [1.82, 2.24) is 0 Å². The zero-order valence-electron chi connectivity index (χ0n) is 12.0. The van der Waals surface area contributed by atoms with Crippen LogP contribution < -0.4 is 0 Å². The number of rotatable bonds is 6. The van der Waals surface area contributed by atoms with Crippen molar-refractivity contribution in [1.29, 1.82) is 0 Å². The number of aliphatic hydroxyl groups is 1. The Bertz CT molecular complexity index is 467. The normalized spacial score (nSPS) is 13.1. The fourth-order valence-corrected chi connectivity index (χ4v) is 2.01. The summed E-state index contributed by atoms with van der Waals surface area (Å²) in [6.45, 7) is 2.67. The second-order valence-electron chi connectivity index (χ2n) is 5.06. The lowest BCUT2D eigenvalue weighted by atomic mass is 9.96. The Hall–Kier alpha value is -1.49. The average molecular weight is 286 g/mol. The van der Waals surface area contributed by atoms with E-state index in [1.54, 1.807) is 18.2 Å². The van der Waals surface area contributed by atoms with Gasteiger partial charge in [0, 0.05) is 6.42 Å². The molecule has 0 spiro atoms. The van der Waals surface area contributed by atoms with Gasteiger partial charge >= 0.3 is 5.97 Å². The monoisotopic (exact) mass is 286 g/mol. The van der Waals surface area contributed by atoms with Crippen LogP contribution in [0.15, 0.2) is 18.2 Å². The summed E-state index contributed by atoms with van der Waals surface area (Å²) in [7, 11) is 1.26. The number of aliphatic hydroxyl groups excluding tert-OH is 1. The molecule has 0 bridgehead atoms. The van der Waals surface area contributed by atoms with Gasteiger partial charge in [-0.3, -0.25) is 0 Å². The van der Waals surface area contributed by atoms with E-state index in [1.165, 1.54) is 7.11 Å². The molecule has 5 heteroatoms. The zero-order chi connectivity index (χ0) is 15.3. The molecule has 3 nitrogen and oxygen atoms in total. The van der Waals surface area contributed by atoms with Crippen molar-refractivity contribution in [2.45, 2.75) is 45.1 Å². The van der Waals surface area contributed by atoms with Crippen LogP contribution in [0.2, 0.25) is 0 Å². The standard InChI is InChI=1S/C15H20F2O3/c1-10-6-7-11(12(9-10)14(19)20-3)13(18)5-4-8-15(2,16)17/h6-7,9,13,18H,4-5,8H2,1-3H3. The summed E-state index contributed by atoms with van der Waals surface area (Å²) in [5.41, 5.74) is 1.56. The maximum atomic E-state index is 12.7. The summed E-state index contributed by atoms with van der Waals surface area (Å²) in [5, 5.41) is 10.1. The van der Waals surface area contributed by atoms with Crippen LogP contribution in [0.25, 0.3) is 0 Å². The minimum absolute atomic E-state index is 0.177. The average Bonchev–Trinajstić information content (AvgIpc) is 2.36. The number of carbonyl (C=O) groups is 1. The predicted octanol–water partition coefficient (Wildman–Crippen LogP) is 3.64. The lowest BCUT2D eigenvalue weighted by Crippen LogP contribution is -2.12. The quantitative estimate of drug-likeness (QED) is 0.812. The third kappa shape index (κ3) is 4.89. The summed E-state index contributed by atoms with van der Waals surface area (Å²) in [6, 6.07) is 5.02. The molecule has 1 N–H and O–H groups in total. The van der Waals surface area contributed by atoms with Crippen LogP contribution in [0.3, 0.4) is 0 Å². The second-order valence-corrected chi connectivity index (χ2v) is 5.06. The smallest absolute Gasteiger partial charge is 0.338 e. The Kier molecular flexibility index (Phi) is 5.62. The first-order chi connectivity index (χ1) is 9.24. The third-order valence-electron chi connectivity index (χ3n) is 3.07. The third-order valence-corrected chi connectivity index (χ3v) is 3.07. The molecule has 1 aromatic rings. The summed E-state index contributed by atoms with van der Waals surface area (Å²) >= 11 is 0. The van der Waals surface area contributed by atoms with E-state index in [0.29, 0.717) is 5.56 Å². The van der Waals surface area contributed by atoms with Crippen molar-refractivity contribution in [2.75, 3.05) is 7.11 Å². The minimum Gasteiger partial charge on any atom is -0.465 e. The maximum Gasteiger partial charge on any atom is 0.338 e. The van der Waals surface area contributed by atoms with Crippen molar-refractivity contribution < 1.29 is 23.4 Å². The van der Waals surface area contributed by atoms with E-state index in [1.807, 2.05) is 6.92 Å². The Morgan fingerprint density at radius 1 is 1.45 bits per heavy atom. The largest absolute Gasteiger partial charge is 0.465 e. The van der Waals surface area contributed by atoms with Gasteiger partial charge in [0.15, 0.2) is 0 Å². The molecule has 0 aliphatic rings. The molecule has 0 aliphatic heterocycles. The Labute approximate surface area is 117 Å². The van der Waals surface area contributed by atoms with Gasteiger partial charge in [-0.2, -0.15) is 0 Å². The summed E-state index contributed by atoms with van der Waals surface area (Å²) in [5.74, 6) is -3.28. The molecule has 0 radical (unpaired) electrons. The summed E-state index contributed by atoms with van der Waals surface area (Å²) < 4.78 is 30.1. The van der Waals surface area contributed by atoms with Crippen molar-refractivity contribution in [3.63, 3.8) is 0 Å². The topological polar surface area (TPSA) is 46.5 Å². The molecule has 0 aromatic heterocycles. The summed E-state index contributed by atoms with van der Waals surface area (Å²) in [4.78, 5) is 11.7. The number of ether oxygens (including phenoxy) is 1. The minimum atomic E-state index is -2.74. The van der Waals surface area contributed by atoms with Crippen LogP contribution in [0.5, 0.6) is 0 Å². The van der Waals surface area contributed by atoms with Gasteiger partial charge in [0.05, 0.1) is 18.8 Å². The molecule has 0 saturated heterocycles. The zero-order valence-corrected chi connectivity index (χ0v) is 12.0. The molecular weight excluding hydrogens is 266 g/mol. The molecule has 1 unspecified atom stereocenters. The fourth-order valence-electron chi connectivity index (χ4n) is 2.01. The molecule has 20 heavy (non-hydrogen) atoms. The lowest BCUT2D eigenvalue weighted by Gasteiger charge is -2.16. The highest BCUT2D eigenvalue weighted by Crippen LogP contribution is 2.27. The number of halogens is 2. The van der Waals surface area contributed by atoms with Crippen LogP contribution in [-0.2, 0) is 4.74 Å². The van der Waals surface area contributed by atoms with Crippen molar-refractivity contribution in [2.24, 2.45) is 0 Å². The van der Waals surface area contributed by atoms with E-state index in [0.717, 1.165) is 12.5 Å². The number of hydrogen-bond acceptors (Lipinski definition) is 3. The molecule has 112 valence electrons. The van der Waals surface area contributed by atoms with E-state index >= 15 is 0 Å². The van der Waals surface area contributed by atoms with Crippen molar-refractivity contribution >= 4 is 5.97 Å². The van der Waals surface area contributed by atoms with Crippen LogP contribution >= 0.6 is 0 Å². The molecule has 1 aromatic carbocycles. The molecule has 1 atom stereocenters. The highest BCUT2D eigenvalue weighted by molar-refractivity contribution is 5.91. The first kappa shape index (κ1) is 16.6. The first-order valence-electron chi connectivity index (χ1n) is 6.49. The number of aryl methyl sites for hydroxylation is 1. The van der Waals surface area contributed by atoms with E-state index < -0.39 is 18.0 Å². The van der Waals surface area contributed by atoms with Gasteiger partial charge in [0.2, 0.25) is 5.92 Å². The van der Waals surface area contributed by atoms with Gasteiger partial charge in [-0.25, -0.2) is 13.6 Å². The maximum absolute atomic E-state index is 12.7. The van der Waals surface area contributed by atoms with Gasteiger partial charge in [0.25, 0.3) is 0 Å². The lowest BCUT2D eigenvalue weighted by molar-refractivity contribution is 0.00694. The molecule has 0 heterocycles.